The predicted molar refractivity (Wildman–Crippen MR) is 115 cm³/mol. The lowest BCUT2D eigenvalue weighted by molar-refractivity contribution is 0.0136. The third-order valence-electron chi connectivity index (χ3n) is 6.76. The molecule has 1 saturated carbocycles. The average Bonchev–Trinajstić information content (AvgIpc) is 3.10. The number of aromatic nitrogens is 2. The lowest BCUT2D eigenvalue weighted by Crippen LogP contribution is -2.61. The molecule has 2 aromatic rings. The first-order chi connectivity index (χ1) is 14.1. The molecule has 6 heteroatoms. The average molecular weight is 400 g/mol. The van der Waals surface area contributed by atoms with Gasteiger partial charge in [-0.25, -0.2) is 4.39 Å². The van der Waals surface area contributed by atoms with E-state index in [1.807, 2.05) is 25.4 Å². The molecule has 1 aromatic heterocycles. The van der Waals surface area contributed by atoms with E-state index >= 15 is 0 Å². The first-order valence-electron chi connectivity index (χ1n) is 11.0. The maximum Gasteiger partial charge on any atom is 0.132 e. The number of hydrogen-bond donors (Lipinski definition) is 1. The van der Waals surface area contributed by atoms with Crippen LogP contribution in [0.5, 0.6) is 0 Å². The van der Waals surface area contributed by atoms with Gasteiger partial charge in [-0.3, -0.25) is 9.58 Å². The van der Waals surface area contributed by atoms with Crippen molar-refractivity contribution in [2.24, 2.45) is 7.05 Å². The summed E-state index contributed by atoms with van der Waals surface area (Å²) in [4.78, 5) is 5.16. The van der Waals surface area contributed by atoms with Crippen LogP contribution in [0.2, 0.25) is 0 Å². The minimum absolute atomic E-state index is 0.214. The quantitative estimate of drug-likeness (QED) is 0.809. The van der Waals surface area contributed by atoms with Gasteiger partial charge in [0.15, 0.2) is 0 Å². The van der Waals surface area contributed by atoms with Crippen LogP contribution in [0.1, 0.15) is 37.7 Å². The molecule has 2 aliphatic rings. The number of nitrogens with one attached hydrogen (secondary N) is 1. The normalized spacial score (nSPS) is 20.8. The standard InChI is InChI=1S/C23H34FN5/c1-27-12-14-29(15-13-27)23(10-6-3-7-11-23)18-25-16-19-17-28(2)26-22(19)20-8-4-5-9-21(20)24/h4-5,8-9,17,25H,3,6-7,10-16,18H2,1-2H3. The number of hydrogen-bond acceptors (Lipinski definition) is 4. The van der Waals surface area contributed by atoms with E-state index in [0.717, 1.165) is 44.0 Å². The van der Waals surface area contributed by atoms with Crippen LogP contribution in [-0.4, -0.2) is 64.9 Å². The molecule has 2 fully saturated rings. The van der Waals surface area contributed by atoms with Gasteiger partial charge in [0.2, 0.25) is 0 Å². The molecule has 0 atom stereocenters. The van der Waals surface area contributed by atoms with Crippen molar-refractivity contribution in [1.82, 2.24) is 24.9 Å². The highest BCUT2D eigenvalue weighted by Gasteiger charge is 2.38. The van der Waals surface area contributed by atoms with Gasteiger partial charge >= 0.3 is 0 Å². The van der Waals surface area contributed by atoms with Gasteiger partial charge in [0.05, 0.1) is 5.69 Å². The SMILES string of the molecule is CN1CCN(C2(CNCc3cn(C)nc3-c3ccccc3F)CCCCC2)CC1. The molecule has 0 spiro atoms. The molecule has 1 aliphatic heterocycles. The molecule has 0 bridgehead atoms. The van der Waals surface area contributed by atoms with Crippen molar-refractivity contribution >= 4 is 0 Å². The van der Waals surface area contributed by atoms with Gasteiger partial charge in [0.25, 0.3) is 0 Å². The monoisotopic (exact) mass is 399 g/mol. The van der Waals surface area contributed by atoms with Crippen LogP contribution in [0.3, 0.4) is 0 Å². The summed E-state index contributed by atoms with van der Waals surface area (Å²) in [5.41, 5.74) is 2.65. The minimum Gasteiger partial charge on any atom is -0.311 e. The summed E-state index contributed by atoms with van der Waals surface area (Å²) in [6.07, 6.45) is 8.56. The Balaban J connectivity index is 1.46. The van der Waals surface area contributed by atoms with Crippen LogP contribution in [0, 0.1) is 5.82 Å². The Morgan fingerprint density at radius 3 is 2.48 bits per heavy atom. The van der Waals surface area contributed by atoms with Crippen LogP contribution in [0.25, 0.3) is 11.3 Å². The summed E-state index contributed by atoms with van der Waals surface area (Å²) in [5.74, 6) is -0.214. The first-order valence-corrected chi connectivity index (χ1v) is 11.0. The fourth-order valence-electron chi connectivity index (χ4n) is 5.07. The second kappa shape index (κ2) is 8.94. The number of likely N-dealkylation sites (N-methyl/N-ethyl adjacent to an activating group) is 1. The van der Waals surface area contributed by atoms with Crippen molar-refractivity contribution in [2.75, 3.05) is 39.8 Å². The Morgan fingerprint density at radius 1 is 1.03 bits per heavy atom. The van der Waals surface area contributed by atoms with Gasteiger partial charge in [-0.1, -0.05) is 31.4 Å². The fourth-order valence-corrected chi connectivity index (χ4v) is 5.07. The van der Waals surface area contributed by atoms with Gasteiger partial charge in [-0.15, -0.1) is 0 Å². The molecule has 1 aromatic carbocycles. The van der Waals surface area contributed by atoms with E-state index < -0.39 is 0 Å². The first kappa shape index (κ1) is 20.5. The molecule has 0 radical (unpaired) electrons. The van der Waals surface area contributed by atoms with E-state index in [4.69, 9.17) is 0 Å². The molecule has 2 heterocycles. The van der Waals surface area contributed by atoms with Crippen molar-refractivity contribution in [3.05, 3.63) is 41.8 Å². The summed E-state index contributed by atoms with van der Waals surface area (Å²) in [5, 5.41) is 8.28. The predicted octanol–water partition coefficient (Wildman–Crippen LogP) is 3.27. The molecule has 0 unspecified atom stereocenters. The minimum atomic E-state index is -0.214. The second-order valence-electron chi connectivity index (χ2n) is 8.84. The molecular weight excluding hydrogens is 365 g/mol. The van der Waals surface area contributed by atoms with Gasteiger partial charge in [-0.05, 0) is 32.0 Å². The van der Waals surface area contributed by atoms with E-state index in [2.05, 4.69) is 27.3 Å². The number of rotatable bonds is 6. The smallest absolute Gasteiger partial charge is 0.132 e. The summed E-state index contributed by atoms with van der Waals surface area (Å²) in [7, 11) is 4.12. The van der Waals surface area contributed by atoms with Gasteiger partial charge in [0, 0.05) is 69.2 Å². The largest absolute Gasteiger partial charge is 0.311 e. The van der Waals surface area contributed by atoms with E-state index in [9.17, 15) is 4.39 Å². The molecule has 1 aliphatic carbocycles. The zero-order valence-electron chi connectivity index (χ0n) is 17.8. The molecule has 0 amide bonds. The van der Waals surface area contributed by atoms with Crippen molar-refractivity contribution in [2.45, 2.75) is 44.2 Å². The maximum absolute atomic E-state index is 14.3. The van der Waals surface area contributed by atoms with Crippen LogP contribution >= 0.6 is 0 Å². The van der Waals surface area contributed by atoms with Crippen LogP contribution in [0.15, 0.2) is 30.5 Å². The van der Waals surface area contributed by atoms with E-state index in [1.165, 1.54) is 38.2 Å². The van der Waals surface area contributed by atoms with Crippen molar-refractivity contribution in [1.29, 1.82) is 0 Å². The zero-order valence-corrected chi connectivity index (χ0v) is 17.8. The Labute approximate surface area is 173 Å². The Morgan fingerprint density at radius 2 is 1.76 bits per heavy atom. The van der Waals surface area contributed by atoms with Crippen molar-refractivity contribution in [3.8, 4) is 11.3 Å². The molecule has 158 valence electrons. The molecule has 4 rings (SSSR count). The van der Waals surface area contributed by atoms with E-state index in [-0.39, 0.29) is 11.4 Å². The number of aryl methyl sites for hydroxylation is 1. The lowest BCUT2D eigenvalue weighted by Gasteiger charge is -2.49. The van der Waals surface area contributed by atoms with Crippen molar-refractivity contribution < 1.29 is 4.39 Å². The molecule has 29 heavy (non-hydrogen) atoms. The summed E-state index contributed by atoms with van der Waals surface area (Å²) in [6.45, 7) is 6.33. The molecular formula is C23H34FN5. The lowest BCUT2D eigenvalue weighted by atomic mass is 9.79. The fraction of sp³-hybridized carbons (Fsp3) is 0.609. The number of benzene rings is 1. The third kappa shape index (κ3) is 4.55. The highest BCUT2D eigenvalue weighted by molar-refractivity contribution is 5.63. The van der Waals surface area contributed by atoms with Crippen molar-refractivity contribution in [3.63, 3.8) is 0 Å². The van der Waals surface area contributed by atoms with Crippen LogP contribution in [0.4, 0.5) is 4.39 Å². The van der Waals surface area contributed by atoms with Gasteiger partial charge < -0.3 is 10.2 Å². The third-order valence-corrected chi connectivity index (χ3v) is 6.76. The molecule has 1 N–H and O–H groups in total. The number of nitrogens with zero attached hydrogens (tertiary/aromatic N) is 4. The summed E-state index contributed by atoms with van der Waals surface area (Å²) < 4.78 is 16.1. The molecule has 5 nitrogen and oxygen atoms in total. The second-order valence-corrected chi connectivity index (χ2v) is 8.84. The van der Waals surface area contributed by atoms with Crippen LogP contribution < -0.4 is 5.32 Å². The Hall–Kier alpha value is -1.76. The Bertz CT molecular complexity index is 803. The van der Waals surface area contributed by atoms with Gasteiger partial charge in [0.1, 0.15) is 5.82 Å². The number of piperazine rings is 1. The molecule has 1 saturated heterocycles. The Kier molecular flexibility index (Phi) is 6.32. The number of halogens is 1. The van der Waals surface area contributed by atoms with Crippen LogP contribution in [-0.2, 0) is 13.6 Å². The van der Waals surface area contributed by atoms with E-state index in [0.29, 0.717) is 12.1 Å². The maximum atomic E-state index is 14.3. The summed E-state index contributed by atoms with van der Waals surface area (Å²) in [6, 6.07) is 6.91. The topological polar surface area (TPSA) is 36.3 Å². The summed E-state index contributed by atoms with van der Waals surface area (Å²) >= 11 is 0. The zero-order chi connectivity index (χ0) is 20.3. The van der Waals surface area contributed by atoms with E-state index in [1.54, 1.807) is 10.7 Å². The highest BCUT2D eigenvalue weighted by Crippen LogP contribution is 2.34. The van der Waals surface area contributed by atoms with Gasteiger partial charge in [-0.2, -0.15) is 5.10 Å². The highest BCUT2D eigenvalue weighted by atomic mass is 19.1.